The molecule has 0 nitrogen and oxygen atoms in total. The Labute approximate surface area is 149 Å². The predicted octanol–water partition coefficient (Wildman–Crippen LogP) is 5.13. The number of hydrogen-bond acceptors (Lipinski definition) is 1. The summed E-state index contributed by atoms with van der Waals surface area (Å²) >= 11 is 1.83. The van der Waals surface area contributed by atoms with Gasteiger partial charge in [0.2, 0.25) is 0 Å². The summed E-state index contributed by atoms with van der Waals surface area (Å²) in [7, 11) is 0. The summed E-state index contributed by atoms with van der Waals surface area (Å²) in [4.78, 5) is 1.39. The van der Waals surface area contributed by atoms with Gasteiger partial charge in [-0.15, -0.1) is 23.5 Å². The molecular weight excluding hydrogens is 352 g/mol. The maximum absolute atomic E-state index is 2.28. The molecule has 0 fully saturated rings. The van der Waals surface area contributed by atoms with Gasteiger partial charge in [-0.2, -0.15) is 23.6 Å². The smallest absolute Gasteiger partial charge is 0.0345 e. The Morgan fingerprint density at radius 2 is 1.67 bits per heavy atom. The first kappa shape index (κ1) is 14.8. The Hall–Kier alpha value is -1.11. The van der Waals surface area contributed by atoms with Gasteiger partial charge in [0.25, 0.3) is 0 Å². The van der Waals surface area contributed by atoms with Crippen LogP contribution in [0, 0.1) is 5.92 Å². The fourth-order valence-electron chi connectivity index (χ4n) is 3.06. The van der Waals surface area contributed by atoms with Crippen LogP contribution in [0.1, 0.15) is 16.7 Å². The van der Waals surface area contributed by atoms with Crippen molar-refractivity contribution in [2.75, 3.05) is 0 Å². The molecule has 0 radical (unpaired) electrons. The molecule has 1 aliphatic rings. The van der Waals surface area contributed by atoms with E-state index in [0.29, 0.717) is 0 Å². The predicted molar refractivity (Wildman–Crippen MR) is 86.0 cm³/mol. The second-order valence-corrected chi connectivity index (χ2v) is 6.19. The summed E-state index contributed by atoms with van der Waals surface area (Å²) in [5, 5.41) is 2.16. The Morgan fingerprint density at radius 1 is 0.810 bits per heavy atom. The van der Waals surface area contributed by atoms with Crippen molar-refractivity contribution in [2.24, 2.45) is 0 Å². The van der Waals surface area contributed by atoms with Crippen molar-refractivity contribution in [1.29, 1.82) is 0 Å². The third-order valence-electron chi connectivity index (χ3n) is 4.04. The first-order valence-corrected chi connectivity index (χ1v) is 7.84. The van der Waals surface area contributed by atoms with Gasteiger partial charge in [-0.1, -0.05) is 48.7 Å². The normalized spacial score (nSPS) is 12.9. The maximum Gasteiger partial charge on any atom is 0.0345 e. The van der Waals surface area contributed by atoms with E-state index in [4.69, 9.17) is 0 Å². The zero-order valence-corrected chi connectivity index (χ0v) is 14.9. The van der Waals surface area contributed by atoms with Crippen LogP contribution in [-0.4, -0.2) is 0 Å². The second-order valence-electron chi connectivity index (χ2n) is 5.24. The minimum atomic E-state index is 0. The fraction of sp³-hybridized carbons (Fsp3) is 0.105. The summed E-state index contributed by atoms with van der Waals surface area (Å²) in [6.07, 6.45) is 2.19. The molecule has 0 atom stereocenters. The van der Waals surface area contributed by atoms with E-state index in [1.165, 1.54) is 27.1 Å². The van der Waals surface area contributed by atoms with Gasteiger partial charge >= 0.3 is 0 Å². The third kappa shape index (κ3) is 2.80. The molecule has 0 unspecified atom stereocenters. The summed E-state index contributed by atoms with van der Waals surface area (Å²) in [5.74, 6) is 1.55. The average Bonchev–Trinajstić information content (AvgIpc) is 3.17. The molecule has 0 saturated heterocycles. The topological polar surface area (TPSA) is 0 Å². The number of hydrogen-bond donors (Lipinski definition) is 0. The van der Waals surface area contributed by atoms with Crippen molar-refractivity contribution in [3.8, 4) is 10.4 Å². The van der Waals surface area contributed by atoms with Crippen molar-refractivity contribution in [3.63, 3.8) is 0 Å². The van der Waals surface area contributed by atoms with E-state index in [-0.39, 0.29) is 26.2 Å². The summed E-state index contributed by atoms with van der Waals surface area (Å²) in [5.41, 5.74) is 5.83. The Balaban J connectivity index is 0.00000132. The molecule has 0 bridgehead atoms. The van der Waals surface area contributed by atoms with Crippen LogP contribution in [0.5, 0.6) is 0 Å². The molecule has 0 N–H and O–H groups in total. The minimum absolute atomic E-state index is 0. The second kappa shape index (κ2) is 6.34. The molecule has 0 amide bonds. The number of thiophene rings is 1. The first-order chi connectivity index (χ1) is 9.92. The fourth-order valence-corrected chi connectivity index (χ4v) is 3.83. The van der Waals surface area contributed by atoms with Crippen LogP contribution in [0.4, 0.5) is 0 Å². The van der Waals surface area contributed by atoms with Gasteiger partial charge in [-0.3, -0.25) is 0 Å². The van der Waals surface area contributed by atoms with Crippen molar-refractivity contribution < 1.29 is 26.2 Å². The van der Waals surface area contributed by atoms with Crippen LogP contribution in [-0.2, 0) is 39.0 Å². The average molecular weight is 367 g/mol. The van der Waals surface area contributed by atoms with Crippen LogP contribution in [0.25, 0.3) is 10.4 Å². The van der Waals surface area contributed by atoms with Gasteiger partial charge in [0.15, 0.2) is 0 Å². The molecular formula is C19H15SZr-. The van der Waals surface area contributed by atoms with E-state index in [1.54, 1.807) is 5.92 Å². The number of rotatable bonds is 2. The molecule has 4 rings (SSSR count). The van der Waals surface area contributed by atoms with E-state index < -0.39 is 0 Å². The summed E-state index contributed by atoms with van der Waals surface area (Å²) in [6.45, 7) is 0. The van der Waals surface area contributed by atoms with Crippen LogP contribution in [0.15, 0.2) is 66.0 Å². The van der Waals surface area contributed by atoms with Gasteiger partial charge in [0.1, 0.15) is 0 Å². The first-order valence-electron chi connectivity index (χ1n) is 6.96. The van der Waals surface area contributed by atoms with E-state index in [1.807, 2.05) is 11.3 Å². The van der Waals surface area contributed by atoms with E-state index in [2.05, 4.69) is 66.0 Å². The summed E-state index contributed by atoms with van der Waals surface area (Å²) < 4.78 is 0. The molecule has 0 spiro atoms. The van der Waals surface area contributed by atoms with Gasteiger partial charge in [0, 0.05) is 31.1 Å². The van der Waals surface area contributed by atoms with Crippen molar-refractivity contribution in [3.05, 3.63) is 88.7 Å². The SMILES string of the molecule is [Zr].c1ccc([C-]2Cc3cccc(-c4cccs4)c3C2)cc1. The molecule has 21 heavy (non-hydrogen) atoms. The van der Waals surface area contributed by atoms with Crippen LogP contribution < -0.4 is 0 Å². The molecule has 0 aliphatic heterocycles. The van der Waals surface area contributed by atoms with Crippen molar-refractivity contribution in [1.82, 2.24) is 0 Å². The molecule has 102 valence electrons. The monoisotopic (exact) mass is 365 g/mol. The third-order valence-corrected chi connectivity index (χ3v) is 4.94. The minimum Gasteiger partial charge on any atom is -0.188 e. The molecule has 1 aromatic heterocycles. The van der Waals surface area contributed by atoms with Crippen LogP contribution in [0.2, 0.25) is 0 Å². The number of benzene rings is 2. The zero-order chi connectivity index (χ0) is 13.4. The largest absolute Gasteiger partial charge is 0.188 e. The van der Waals surface area contributed by atoms with Crippen molar-refractivity contribution >= 4 is 11.3 Å². The molecule has 2 heteroatoms. The molecule has 1 aliphatic carbocycles. The quantitative estimate of drug-likeness (QED) is 0.551. The van der Waals surface area contributed by atoms with E-state index in [9.17, 15) is 0 Å². The maximum atomic E-state index is 2.28. The molecule has 3 aromatic rings. The Kier molecular flexibility index (Phi) is 4.47. The molecule has 0 saturated carbocycles. The van der Waals surface area contributed by atoms with Gasteiger partial charge in [-0.25, -0.2) is 0 Å². The van der Waals surface area contributed by atoms with Gasteiger partial charge < -0.3 is 0 Å². The van der Waals surface area contributed by atoms with E-state index >= 15 is 0 Å². The van der Waals surface area contributed by atoms with Crippen LogP contribution in [0.3, 0.4) is 0 Å². The number of fused-ring (bicyclic) bond motifs is 1. The summed E-state index contributed by atoms with van der Waals surface area (Å²) in [6, 6.07) is 21.9. The van der Waals surface area contributed by atoms with Gasteiger partial charge in [0.05, 0.1) is 0 Å². The molecule has 2 aromatic carbocycles. The zero-order valence-electron chi connectivity index (χ0n) is 11.7. The van der Waals surface area contributed by atoms with Crippen LogP contribution >= 0.6 is 11.3 Å². The Morgan fingerprint density at radius 3 is 2.43 bits per heavy atom. The standard InChI is InChI=1S/C19H15S.Zr/c1-2-6-14(7-3-1)16-12-15-8-4-9-17(18(15)13-16)19-10-5-11-20-19;/h1-11H,12-13H2;/q-1;. The molecule has 1 heterocycles. The Bertz CT molecular complexity index is 717. The van der Waals surface area contributed by atoms with Crippen molar-refractivity contribution in [2.45, 2.75) is 12.8 Å². The van der Waals surface area contributed by atoms with E-state index in [0.717, 1.165) is 12.8 Å². The van der Waals surface area contributed by atoms with Gasteiger partial charge in [-0.05, 0) is 22.6 Å².